The Labute approximate surface area is 85.5 Å². The third-order valence-electron chi connectivity index (χ3n) is 1.62. The van der Waals surface area contributed by atoms with Gasteiger partial charge in [-0.25, -0.2) is 9.67 Å². The summed E-state index contributed by atoms with van der Waals surface area (Å²) in [4.78, 5) is 14.7. The number of aliphatic carboxylic acids is 1. The highest BCUT2D eigenvalue weighted by Crippen LogP contribution is 2.22. The minimum absolute atomic E-state index is 0.349. The van der Waals surface area contributed by atoms with Gasteiger partial charge in [-0.3, -0.25) is 4.79 Å². The Morgan fingerprint density at radius 3 is 3.00 bits per heavy atom. The van der Waals surface area contributed by atoms with Crippen molar-refractivity contribution < 1.29 is 9.90 Å². The molecule has 0 saturated heterocycles. The van der Waals surface area contributed by atoms with E-state index in [0.717, 1.165) is 11.8 Å². The first kappa shape index (κ1) is 11.0. The van der Waals surface area contributed by atoms with Crippen LogP contribution in [0.1, 0.15) is 6.42 Å². The lowest BCUT2D eigenvalue weighted by Crippen LogP contribution is -2.20. The maximum Gasteiger partial charge on any atom is 0.317 e. The van der Waals surface area contributed by atoms with E-state index < -0.39 is 11.2 Å². The fraction of sp³-hybridized carbons (Fsp3) is 0.571. The zero-order valence-electron chi connectivity index (χ0n) is 7.75. The van der Waals surface area contributed by atoms with Crippen LogP contribution in [0.3, 0.4) is 0 Å². The predicted octanol–water partition coefficient (Wildman–Crippen LogP) is -0.291. The van der Waals surface area contributed by atoms with Gasteiger partial charge in [0.2, 0.25) is 0 Å². The molecular weight excluding hydrogens is 204 g/mol. The highest BCUT2D eigenvalue weighted by molar-refractivity contribution is 8.00. The average molecular weight is 216 g/mol. The molecule has 1 aromatic rings. The first-order valence-electron chi connectivity index (χ1n) is 4.08. The van der Waals surface area contributed by atoms with Gasteiger partial charge in [-0.2, -0.15) is 5.10 Å². The zero-order chi connectivity index (χ0) is 10.6. The molecular formula is C7H12N4O2S. The van der Waals surface area contributed by atoms with Crippen LogP contribution in [-0.2, 0) is 11.8 Å². The Morgan fingerprint density at radius 1 is 1.86 bits per heavy atom. The van der Waals surface area contributed by atoms with E-state index in [4.69, 9.17) is 10.8 Å². The first-order valence-corrected chi connectivity index (χ1v) is 4.96. The van der Waals surface area contributed by atoms with Crippen molar-refractivity contribution in [2.75, 3.05) is 6.54 Å². The lowest BCUT2D eigenvalue weighted by molar-refractivity contribution is -0.136. The van der Waals surface area contributed by atoms with Crippen LogP contribution >= 0.6 is 11.8 Å². The summed E-state index contributed by atoms with van der Waals surface area (Å²) >= 11 is 1.16. The van der Waals surface area contributed by atoms with Crippen molar-refractivity contribution >= 4 is 17.7 Å². The molecule has 3 N–H and O–H groups in total. The van der Waals surface area contributed by atoms with E-state index >= 15 is 0 Å². The number of rotatable bonds is 5. The van der Waals surface area contributed by atoms with Crippen LogP contribution in [0.5, 0.6) is 0 Å². The van der Waals surface area contributed by atoms with Crippen molar-refractivity contribution in [2.24, 2.45) is 12.8 Å². The fourth-order valence-corrected chi connectivity index (χ4v) is 1.82. The summed E-state index contributed by atoms with van der Waals surface area (Å²) in [5.74, 6) is -0.872. The van der Waals surface area contributed by atoms with Crippen LogP contribution in [0.2, 0.25) is 0 Å². The molecule has 78 valence electrons. The van der Waals surface area contributed by atoms with Gasteiger partial charge in [-0.05, 0) is 13.0 Å². The number of nitrogens with two attached hydrogens (primary N) is 1. The second-order valence-corrected chi connectivity index (χ2v) is 3.86. The summed E-state index contributed by atoms with van der Waals surface area (Å²) in [6.45, 7) is 0.349. The third-order valence-corrected chi connectivity index (χ3v) is 2.92. The van der Waals surface area contributed by atoms with Crippen molar-refractivity contribution in [1.29, 1.82) is 0 Å². The molecule has 6 nitrogen and oxygen atoms in total. The molecule has 0 aromatic carbocycles. The quantitative estimate of drug-likeness (QED) is 0.657. The molecule has 0 radical (unpaired) electrons. The molecule has 7 heteroatoms. The number of carboxylic acids is 1. The minimum Gasteiger partial charge on any atom is -0.480 e. The number of aryl methyl sites for hydroxylation is 1. The molecule has 1 aromatic heterocycles. The van der Waals surface area contributed by atoms with Gasteiger partial charge in [0.25, 0.3) is 0 Å². The van der Waals surface area contributed by atoms with Crippen LogP contribution in [0.4, 0.5) is 0 Å². The van der Waals surface area contributed by atoms with Gasteiger partial charge in [-0.15, -0.1) is 0 Å². The Kier molecular flexibility index (Phi) is 3.90. The summed E-state index contributed by atoms with van der Waals surface area (Å²) < 4.78 is 1.54. The second-order valence-electron chi connectivity index (χ2n) is 2.69. The fourth-order valence-electron chi connectivity index (χ4n) is 0.904. The summed E-state index contributed by atoms with van der Waals surface area (Å²) in [5, 5.41) is 12.7. The Hall–Kier alpha value is -1.08. The topological polar surface area (TPSA) is 94.0 Å². The van der Waals surface area contributed by atoms with E-state index in [1.807, 2.05) is 0 Å². The number of thioether (sulfide) groups is 1. The molecule has 0 spiro atoms. The number of hydrogen-bond acceptors (Lipinski definition) is 5. The zero-order valence-corrected chi connectivity index (χ0v) is 8.57. The van der Waals surface area contributed by atoms with Crippen molar-refractivity contribution in [3.8, 4) is 0 Å². The molecule has 0 aliphatic rings. The van der Waals surface area contributed by atoms with E-state index in [0.29, 0.717) is 18.1 Å². The molecule has 1 unspecified atom stereocenters. The Bertz CT molecular complexity index is 314. The smallest absolute Gasteiger partial charge is 0.317 e. The molecule has 1 rings (SSSR count). The maximum atomic E-state index is 10.8. The lowest BCUT2D eigenvalue weighted by atomic mass is 10.3. The highest BCUT2D eigenvalue weighted by Gasteiger charge is 2.20. The third kappa shape index (κ3) is 2.71. The van der Waals surface area contributed by atoms with Crippen molar-refractivity contribution in [3.05, 3.63) is 6.33 Å². The van der Waals surface area contributed by atoms with E-state index in [9.17, 15) is 4.79 Å². The molecule has 0 aliphatic heterocycles. The van der Waals surface area contributed by atoms with E-state index in [1.165, 1.54) is 11.0 Å². The van der Waals surface area contributed by atoms with Crippen LogP contribution in [-0.4, -0.2) is 37.6 Å². The van der Waals surface area contributed by atoms with Crippen LogP contribution < -0.4 is 5.73 Å². The van der Waals surface area contributed by atoms with Gasteiger partial charge < -0.3 is 10.8 Å². The van der Waals surface area contributed by atoms with Gasteiger partial charge >= 0.3 is 5.97 Å². The van der Waals surface area contributed by atoms with Gasteiger partial charge in [0, 0.05) is 7.05 Å². The SMILES string of the molecule is Cn1ncnc1SC(CCN)C(=O)O. The molecule has 0 amide bonds. The minimum atomic E-state index is -0.872. The van der Waals surface area contributed by atoms with Crippen molar-refractivity contribution in [1.82, 2.24) is 14.8 Å². The number of carbonyl (C=O) groups is 1. The van der Waals surface area contributed by atoms with E-state index in [-0.39, 0.29) is 0 Å². The molecule has 1 heterocycles. The molecule has 0 aliphatic carbocycles. The number of carboxylic acid groups (broad SMARTS) is 1. The predicted molar refractivity (Wildman–Crippen MR) is 52.0 cm³/mol. The Morgan fingerprint density at radius 2 is 2.57 bits per heavy atom. The van der Waals surface area contributed by atoms with Crippen molar-refractivity contribution in [2.45, 2.75) is 16.8 Å². The summed E-state index contributed by atoms with van der Waals surface area (Å²) in [6, 6.07) is 0. The number of aromatic nitrogens is 3. The summed E-state index contributed by atoms with van der Waals surface area (Å²) in [6.07, 6.45) is 1.82. The van der Waals surface area contributed by atoms with Crippen LogP contribution in [0, 0.1) is 0 Å². The van der Waals surface area contributed by atoms with Crippen LogP contribution in [0.25, 0.3) is 0 Å². The van der Waals surface area contributed by atoms with Gasteiger partial charge in [-0.1, -0.05) is 11.8 Å². The summed E-state index contributed by atoms with van der Waals surface area (Å²) in [5.41, 5.74) is 5.31. The molecule has 0 fully saturated rings. The average Bonchev–Trinajstić information content (AvgIpc) is 2.51. The van der Waals surface area contributed by atoms with Gasteiger partial charge in [0.15, 0.2) is 5.16 Å². The number of nitrogens with zero attached hydrogens (tertiary/aromatic N) is 3. The second kappa shape index (κ2) is 4.97. The number of hydrogen-bond donors (Lipinski definition) is 2. The van der Waals surface area contributed by atoms with Gasteiger partial charge in [0.05, 0.1) is 0 Å². The van der Waals surface area contributed by atoms with Gasteiger partial charge in [0.1, 0.15) is 11.6 Å². The molecule has 0 saturated carbocycles. The van der Waals surface area contributed by atoms with Crippen molar-refractivity contribution in [3.63, 3.8) is 0 Å². The molecule has 14 heavy (non-hydrogen) atoms. The lowest BCUT2D eigenvalue weighted by Gasteiger charge is -2.08. The Balaban J connectivity index is 2.64. The summed E-state index contributed by atoms with van der Waals surface area (Å²) in [7, 11) is 1.72. The molecule has 0 bridgehead atoms. The molecule has 1 atom stereocenters. The van der Waals surface area contributed by atoms with Crippen LogP contribution in [0.15, 0.2) is 11.5 Å². The standard InChI is InChI=1S/C7H12N4O2S/c1-11-7(9-4-10-11)14-5(2-3-8)6(12)13/h4-5H,2-3,8H2,1H3,(H,12,13). The van der Waals surface area contributed by atoms with E-state index in [2.05, 4.69) is 10.1 Å². The largest absolute Gasteiger partial charge is 0.480 e. The van der Waals surface area contributed by atoms with E-state index in [1.54, 1.807) is 7.05 Å². The maximum absolute atomic E-state index is 10.8. The highest BCUT2D eigenvalue weighted by atomic mass is 32.2. The normalized spacial score (nSPS) is 12.7. The monoisotopic (exact) mass is 216 g/mol. The first-order chi connectivity index (χ1) is 6.65.